The largest absolute Gasteiger partial charge is 0.389 e. The van der Waals surface area contributed by atoms with E-state index in [1.165, 1.54) is 0 Å². The molecule has 0 aromatic carbocycles. The summed E-state index contributed by atoms with van der Waals surface area (Å²) in [5.41, 5.74) is 0. The van der Waals surface area contributed by atoms with E-state index in [2.05, 4.69) is 4.18 Å². The summed E-state index contributed by atoms with van der Waals surface area (Å²) in [6, 6.07) is 0. The lowest BCUT2D eigenvalue weighted by molar-refractivity contribution is -0.143. The average molecular weight is 210 g/mol. The predicted octanol–water partition coefficient (Wildman–Crippen LogP) is 1.78. The summed E-state index contributed by atoms with van der Waals surface area (Å²) in [6.45, 7) is 0. The van der Waals surface area contributed by atoms with E-state index in [9.17, 15) is 21.8 Å². The van der Waals surface area contributed by atoms with Gasteiger partial charge < -0.3 is 0 Å². The Bertz CT molecular complexity index is 159. The van der Waals surface area contributed by atoms with Crippen LogP contribution in [-0.2, 0) is 15.5 Å². The quantitative estimate of drug-likeness (QED) is 0.568. The van der Waals surface area contributed by atoms with Crippen LogP contribution in [0.5, 0.6) is 0 Å². The van der Waals surface area contributed by atoms with E-state index in [4.69, 9.17) is 4.55 Å². The summed E-state index contributed by atoms with van der Waals surface area (Å²) >= 11 is -2.87. The van der Waals surface area contributed by atoms with Gasteiger partial charge in [0.25, 0.3) is 0 Å². The highest BCUT2D eigenvalue weighted by molar-refractivity contribution is 7.74. The van der Waals surface area contributed by atoms with Crippen molar-refractivity contribution in [1.82, 2.24) is 0 Å². The van der Waals surface area contributed by atoms with Gasteiger partial charge in [0.2, 0.25) is 6.36 Å². The van der Waals surface area contributed by atoms with E-state index < -0.39 is 36.7 Å². The molecule has 0 heterocycles. The van der Waals surface area contributed by atoms with Gasteiger partial charge in [0.15, 0.2) is 0 Å². The average Bonchev–Trinajstić information content (AvgIpc) is 1.80. The molecule has 0 amide bonds. The predicted molar refractivity (Wildman–Crippen MR) is 32.0 cm³/mol. The van der Waals surface area contributed by atoms with E-state index in [0.29, 0.717) is 0 Å². The molecule has 2 unspecified atom stereocenters. The van der Waals surface area contributed by atoms with Gasteiger partial charge in [-0.3, -0.25) is 4.55 Å². The number of alkyl halides is 4. The van der Waals surface area contributed by atoms with Gasteiger partial charge in [-0.2, -0.15) is 17.4 Å². The molecule has 2 atom stereocenters. The van der Waals surface area contributed by atoms with Crippen molar-refractivity contribution in [2.75, 3.05) is 0 Å². The summed E-state index contributed by atoms with van der Waals surface area (Å²) in [6.07, 6.45) is -9.20. The van der Waals surface area contributed by atoms with E-state index in [1.54, 1.807) is 0 Å². The second-order valence-corrected chi connectivity index (χ2v) is 2.50. The van der Waals surface area contributed by atoms with Gasteiger partial charge in [-0.05, 0) is 0 Å². The van der Waals surface area contributed by atoms with Gasteiger partial charge in [0.05, 0.1) is 0 Å². The van der Waals surface area contributed by atoms with Gasteiger partial charge in [-0.15, -0.1) is 0 Å². The van der Waals surface area contributed by atoms with Crippen molar-refractivity contribution in [3.8, 4) is 0 Å². The standard InChI is InChI=1S/C4H6F4O3S/c5-3(11-12(9)10)1-2-4(6,7)8/h3H,1-2H2,(H,9,10). The molecule has 0 bridgehead atoms. The SMILES string of the molecule is O=S(O)OC(F)CCC(F)(F)F. The molecule has 0 saturated carbocycles. The number of hydrogen-bond donors (Lipinski definition) is 1. The van der Waals surface area contributed by atoms with Crippen molar-refractivity contribution >= 4 is 11.4 Å². The highest BCUT2D eigenvalue weighted by Gasteiger charge is 2.29. The van der Waals surface area contributed by atoms with Crippen LogP contribution >= 0.6 is 0 Å². The Morgan fingerprint density at radius 1 is 1.50 bits per heavy atom. The van der Waals surface area contributed by atoms with Crippen molar-refractivity contribution in [2.24, 2.45) is 0 Å². The second kappa shape index (κ2) is 4.73. The minimum absolute atomic E-state index is 0.976. The molecular weight excluding hydrogens is 204 g/mol. The molecule has 0 aliphatic rings. The van der Waals surface area contributed by atoms with Crippen molar-refractivity contribution < 1.29 is 30.5 Å². The fraction of sp³-hybridized carbons (Fsp3) is 1.00. The summed E-state index contributed by atoms with van der Waals surface area (Å²) in [4.78, 5) is 0. The minimum Gasteiger partial charge on any atom is -0.284 e. The van der Waals surface area contributed by atoms with Crippen molar-refractivity contribution in [3.63, 3.8) is 0 Å². The van der Waals surface area contributed by atoms with Crippen LogP contribution in [0.2, 0.25) is 0 Å². The summed E-state index contributed by atoms with van der Waals surface area (Å²) < 4.78 is 67.4. The van der Waals surface area contributed by atoms with Crippen LogP contribution in [0.3, 0.4) is 0 Å². The lowest BCUT2D eigenvalue weighted by Gasteiger charge is -2.07. The van der Waals surface area contributed by atoms with Crippen LogP contribution in [0.4, 0.5) is 17.6 Å². The molecule has 0 saturated heterocycles. The monoisotopic (exact) mass is 210 g/mol. The Hall–Kier alpha value is -0.210. The molecular formula is C4H6F4O3S. The summed E-state index contributed by atoms with van der Waals surface area (Å²) in [7, 11) is 0. The Labute approximate surface area is 68.2 Å². The maximum Gasteiger partial charge on any atom is 0.389 e. The van der Waals surface area contributed by atoms with Crippen LogP contribution in [-0.4, -0.2) is 21.3 Å². The van der Waals surface area contributed by atoms with Crippen LogP contribution in [0.25, 0.3) is 0 Å². The highest BCUT2D eigenvalue weighted by Crippen LogP contribution is 2.23. The molecule has 3 nitrogen and oxygen atoms in total. The Balaban J connectivity index is 3.57. The molecule has 0 aromatic heterocycles. The molecule has 0 aromatic rings. The molecule has 12 heavy (non-hydrogen) atoms. The van der Waals surface area contributed by atoms with Gasteiger partial charge in [0.1, 0.15) is 0 Å². The Kier molecular flexibility index (Phi) is 4.64. The summed E-state index contributed by atoms with van der Waals surface area (Å²) in [5, 5.41) is 0. The number of halogens is 4. The third-order valence-corrected chi connectivity index (χ3v) is 1.21. The van der Waals surface area contributed by atoms with Crippen LogP contribution in [0.1, 0.15) is 12.8 Å². The van der Waals surface area contributed by atoms with Crippen molar-refractivity contribution in [2.45, 2.75) is 25.4 Å². The lowest BCUT2D eigenvalue weighted by atomic mass is 10.3. The zero-order valence-electron chi connectivity index (χ0n) is 5.68. The molecule has 0 aliphatic carbocycles. The normalized spacial score (nSPS) is 17.4. The van der Waals surface area contributed by atoms with E-state index in [0.717, 1.165) is 0 Å². The maximum absolute atomic E-state index is 12.1. The van der Waals surface area contributed by atoms with Crippen LogP contribution in [0.15, 0.2) is 0 Å². The van der Waals surface area contributed by atoms with Crippen LogP contribution in [0, 0.1) is 0 Å². The van der Waals surface area contributed by atoms with Gasteiger partial charge in [-0.25, -0.2) is 8.57 Å². The first-order chi connectivity index (χ1) is 5.31. The third-order valence-electron chi connectivity index (χ3n) is 0.841. The van der Waals surface area contributed by atoms with Crippen molar-refractivity contribution in [3.05, 3.63) is 0 Å². The molecule has 74 valence electrons. The molecule has 0 fully saturated rings. The number of hydrogen-bond acceptors (Lipinski definition) is 2. The molecule has 0 rings (SSSR count). The first kappa shape index (κ1) is 11.8. The summed E-state index contributed by atoms with van der Waals surface area (Å²) in [5.74, 6) is 0. The smallest absolute Gasteiger partial charge is 0.284 e. The Morgan fingerprint density at radius 3 is 2.33 bits per heavy atom. The fourth-order valence-electron chi connectivity index (χ4n) is 0.415. The van der Waals surface area contributed by atoms with Crippen molar-refractivity contribution in [1.29, 1.82) is 0 Å². The van der Waals surface area contributed by atoms with Gasteiger partial charge >= 0.3 is 17.5 Å². The molecule has 0 aliphatic heterocycles. The first-order valence-electron chi connectivity index (χ1n) is 2.80. The molecule has 0 radical (unpaired) electrons. The first-order valence-corrected chi connectivity index (χ1v) is 3.83. The highest BCUT2D eigenvalue weighted by atomic mass is 32.2. The van der Waals surface area contributed by atoms with Crippen LogP contribution < -0.4 is 0 Å². The third kappa shape index (κ3) is 7.89. The molecule has 0 spiro atoms. The van der Waals surface area contributed by atoms with Gasteiger partial charge in [0, 0.05) is 12.8 Å². The topological polar surface area (TPSA) is 46.5 Å². The fourth-order valence-corrected chi connectivity index (χ4v) is 0.689. The molecule has 8 heteroatoms. The zero-order valence-corrected chi connectivity index (χ0v) is 6.49. The second-order valence-electron chi connectivity index (χ2n) is 1.88. The zero-order chi connectivity index (χ0) is 9.78. The van der Waals surface area contributed by atoms with E-state index in [-0.39, 0.29) is 0 Å². The maximum atomic E-state index is 12.1. The lowest BCUT2D eigenvalue weighted by Crippen LogP contribution is -2.14. The molecule has 1 N–H and O–H groups in total. The number of rotatable bonds is 4. The Morgan fingerprint density at radius 2 is 2.00 bits per heavy atom. The van der Waals surface area contributed by atoms with Gasteiger partial charge in [-0.1, -0.05) is 0 Å². The minimum atomic E-state index is -4.48. The van der Waals surface area contributed by atoms with E-state index >= 15 is 0 Å². The van der Waals surface area contributed by atoms with E-state index in [1.807, 2.05) is 0 Å².